The van der Waals surface area contributed by atoms with Crippen molar-refractivity contribution in [3.63, 3.8) is 0 Å². The summed E-state index contributed by atoms with van der Waals surface area (Å²) in [5, 5.41) is 0. The lowest BCUT2D eigenvalue weighted by atomic mass is 9.82. The van der Waals surface area contributed by atoms with Crippen LogP contribution in [-0.4, -0.2) is 28.5 Å². The van der Waals surface area contributed by atoms with Gasteiger partial charge >= 0.3 is 0 Å². The summed E-state index contributed by atoms with van der Waals surface area (Å²) in [6.07, 6.45) is 2.53. The van der Waals surface area contributed by atoms with Crippen molar-refractivity contribution in [1.82, 2.24) is 9.47 Å². The second-order valence-corrected chi connectivity index (χ2v) is 7.58. The zero-order valence-electron chi connectivity index (χ0n) is 15.2. The molecule has 2 aliphatic rings. The maximum atomic E-state index is 13.2. The number of rotatable bonds is 2. The minimum Gasteiger partial charge on any atom is -0.464 e. The van der Waals surface area contributed by atoms with Crippen LogP contribution in [0.5, 0.6) is 0 Å². The molecule has 142 valence electrons. The lowest BCUT2D eigenvalue weighted by Gasteiger charge is -2.43. The van der Waals surface area contributed by atoms with E-state index < -0.39 is 0 Å². The van der Waals surface area contributed by atoms with Crippen molar-refractivity contribution >= 4 is 5.91 Å². The van der Waals surface area contributed by atoms with Crippen LogP contribution in [0, 0.1) is 11.7 Å². The number of carbonyl (C=O) groups excluding carboxylic acids is 1. The van der Waals surface area contributed by atoms with E-state index in [1.165, 1.54) is 24.3 Å². The Bertz CT molecular complexity index is 1090. The van der Waals surface area contributed by atoms with Crippen molar-refractivity contribution in [2.24, 2.45) is 5.92 Å². The Kier molecular flexibility index (Phi) is 3.93. The third-order valence-corrected chi connectivity index (χ3v) is 5.77. The number of aromatic nitrogens is 1. The zero-order chi connectivity index (χ0) is 19.3. The van der Waals surface area contributed by atoms with Crippen molar-refractivity contribution < 1.29 is 13.6 Å². The maximum absolute atomic E-state index is 13.2. The highest BCUT2D eigenvalue weighted by molar-refractivity contribution is 5.94. The van der Waals surface area contributed by atoms with Crippen LogP contribution in [0.1, 0.15) is 28.4 Å². The topological polar surface area (TPSA) is 55.5 Å². The molecule has 5 nitrogen and oxygen atoms in total. The third kappa shape index (κ3) is 2.76. The van der Waals surface area contributed by atoms with Crippen LogP contribution in [0.15, 0.2) is 64.0 Å². The molecule has 2 aliphatic heterocycles. The van der Waals surface area contributed by atoms with E-state index in [1.807, 2.05) is 21.6 Å². The molecule has 1 fully saturated rings. The summed E-state index contributed by atoms with van der Waals surface area (Å²) in [4.78, 5) is 27.7. The third-order valence-electron chi connectivity index (χ3n) is 5.77. The second kappa shape index (κ2) is 6.48. The lowest BCUT2D eigenvalue weighted by Crippen LogP contribution is -2.49. The number of likely N-dealkylation sites (tertiary alicyclic amines) is 1. The van der Waals surface area contributed by atoms with Gasteiger partial charge in [0.05, 0.1) is 11.8 Å². The van der Waals surface area contributed by atoms with E-state index in [0.717, 1.165) is 12.1 Å². The fraction of sp³-hybridized carbons (Fsp3) is 0.273. The first kappa shape index (κ1) is 17.0. The van der Waals surface area contributed by atoms with Gasteiger partial charge in [0.15, 0.2) is 0 Å². The fourth-order valence-corrected chi connectivity index (χ4v) is 4.51. The first-order chi connectivity index (χ1) is 13.6. The molecule has 0 radical (unpaired) electrons. The predicted octanol–water partition coefficient (Wildman–Crippen LogP) is 3.51. The van der Waals surface area contributed by atoms with Crippen molar-refractivity contribution in [2.75, 3.05) is 13.1 Å². The summed E-state index contributed by atoms with van der Waals surface area (Å²) >= 11 is 0. The predicted molar refractivity (Wildman–Crippen MR) is 102 cm³/mol. The molecule has 2 atom stereocenters. The average Bonchev–Trinajstić information content (AvgIpc) is 3.23. The summed E-state index contributed by atoms with van der Waals surface area (Å²) in [6, 6.07) is 13.0. The molecule has 1 aromatic carbocycles. The number of carbonyl (C=O) groups is 1. The maximum Gasteiger partial charge on any atom is 0.261 e. The van der Waals surface area contributed by atoms with E-state index in [1.54, 1.807) is 18.4 Å². The molecule has 0 aliphatic carbocycles. The number of pyridine rings is 1. The molecule has 0 N–H and O–H groups in total. The van der Waals surface area contributed by atoms with Crippen LogP contribution >= 0.6 is 0 Å². The Labute approximate surface area is 161 Å². The van der Waals surface area contributed by atoms with E-state index >= 15 is 0 Å². The highest BCUT2D eigenvalue weighted by Crippen LogP contribution is 2.36. The minimum absolute atomic E-state index is 0.0412. The number of fused-ring (bicyclic) bond motifs is 4. The summed E-state index contributed by atoms with van der Waals surface area (Å²) in [5.74, 6) is 0.477. The number of amides is 1. The van der Waals surface area contributed by atoms with Crippen molar-refractivity contribution in [3.8, 4) is 11.3 Å². The van der Waals surface area contributed by atoms with Gasteiger partial charge in [0.2, 0.25) is 0 Å². The zero-order valence-corrected chi connectivity index (χ0v) is 15.2. The molecule has 2 bridgehead atoms. The molecule has 6 heteroatoms. The van der Waals surface area contributed by atoms with Crippen LogP contribution in [-0.2, 0) is 6.54 Å². The summed E-state index contributed by atoms with van der Waals surface area (Å²) in [5.41, 5.74) is 1.98. The highest BCUT2D eigenvalue weighted by Gasteiger charge is 2.37. The van der Waals surface area contributed by atoms with E-state index in [2.05, 4.69) is 0 Å². The smallest absolute Gasteiger partial charge is 0.261 e. The van der Waals surface area contributed by atoms with E-state index in [4.69, 9.17) is 4.42 Å². The summed E-state index contributed by atoms with van der Waals surface area (Å²) in [6.45, 7) is 1.75. The Balaban J connectivity index is 1.45. The molecule has 1 amide bonds. The fourth-order valence-electron chi connectivity index (χ4n) is 4.51. The van der Waals surface area contributed by atoms with Gasteiger partial charge in [-0.1, -0.05) is 0 Å². The quantitative estimate of drug-likeness (QED) is 0.686. The lowest BCUT2D eigenvalue weighted by molar-refractivity contribution is 0.0594. The SMILES string of the molecule is O=C(c1ccc(F)cc1)N1C[C@H]2C[C@H](C1)c1ccc(-c3ccco3)c(=O)n1C2. The van der Waals surface area contributed by atoms with Crippen LogP contribution < -0.4 is 5.56 Å². The van der Waals surface area contributed by atoms with Gasteiger partial charge in [0.25, 0.3) is 11.5 Å². The van der Waals surface area contributed by atoms with Gasteiger partial charge in [0, 0.05) is 36.8 Å². The molecule has 2 aromatic heterocycles. The normalized spacial score (nSPS) is 20.7. The number of halogens is 1. The van der Waals surface area contributed by atoms with Gasteiger partial charge in [-0.15, -0.1) is 0 Å². The number of nitrogens with zero attached hydrogens (tertiary/aromatic N) is 2. The monoisotopic (exact) mass is 378 g/mol. The van der Waals surface area contributed by atoms with Crippen LogP contribution in [0.4, 0.5) is 4.39 Å². The molecule has 4 heterocycles. The van der Waals surface area contributed by atoms with Crippen LogP contribution in [0.2, 0.25) is 0 Å². The number of hydrogen-bond acceptors (Lipinski definition) is 3. The number of benzene rings is 1. The molecule has 5 rings (SSSR count). The van der Waals surface area contributed by atoms with E-state index in [9.17, 15) is 14.0 Å². The van der Waals surface area contributed by atoms with Gasteiger partial charge < -0.3 is 13.9 Å². The molecular weight excluding hydrogens is 359 g/mol. The number of piperidine rings is 1. The minimum atomic E-state index is -0.354. The highest BCUT2D eigenvalue weighted by atomic mass is 19.1. The molecule has 1 saturated heterocycles. The molecule has 0 unspecified atom stereocenters. The van der Waals surface area contributed by atoms with Gasteiger partial charge in [-0.2, -0.15) is 0 Å². The van der Waals surface area contributed by atoms with Crippen LogP contribution in [0.25, 0.3) is 11.3 Å². The largest absolute Gasteiger partial charge is 0.464 e. The number of furan rings is 1. The first-order valence-corrected chi connectivity index (χ1v) is 9.42. The molecular formula is C22H19FN2O3. The summed E-state index contributed by atoms with van der Waals surface area (Å²) < 4.78 is 20.4. The van der Waals surface area contributed by atoms with Crippen molar-refractivity contribution in [2.45, 2.75) is 18.9 Å². The molecule has 0 spiro atoms. The standard InChI is InChI=1S/C22H19FN2O3/c23-17-5-3-15(4-6-17)21(26)24-11-14-10-16(13-24)19-8-7-18(20-2-1-9-28-20)22(27)25(19)12-14/h1-9,14,16H,10-13H2/t14-,16-/m1/s1. The average molecular weight is 378 g/mol. The molecule has 3 aromatic rings. The van der Waals surface area contributed by atoms with Crippen molar-refractivity contribution in [1.29, 1.82) is 0 Å². The molecule has 0 saturated carbocycles. The molecule has 28 heavy (non-hydrogen) atoms. The van der Waals surface area contributed by atoms with Crippen LogP contribution in [0.3, 0.4) is 0 Å². The Morgan fingerprint density at radius 3 is 2.61 bits per heavy atom. The van der Waals surface area contributed by atoms with Gasteiger partial charge in [-0.25, -0.2) is 4.39 Å². The van der Waals surface area contributed by atoms with Gasteiger partial charge in [0.1, 0.15) is 11.6 Å². The second-order valence-electron chi connectivity index (χ2n) is 7.58. The first-order valence-electron chi connectivity index (χ1n) is 9.42. The van der Waals surface area contributed by atoms with Crippen molar-refractivity contribution in [3.05, 3.63) is 82.2 Å². The van der Waals surface area contributed by atoms with E-state index in [0.29, 0.717) is 36.5 Å². The Morgan fingerprint density at radius 1 is 1.04 bits per heavy atom. The van der Waals surface area contributed by atoms with Gasteiger partial charge in [-0.3, -0.25) is 9.59 Å². The number of hydrogen-bond donors (Lipinski definition) is 0. The Morgan fingerprint density at radius 2 is 1.86 bits per heavy atom. The Hall–Kier alpha value is -3.15. The summed E-state index contributed by atoms with van der Waals surface area (Å²) in [7, 11) is 0. The van der Waals surface area contributed by atoms with E-state index in [-0.39, 0.29) is 29.1 Å². The van der Waals surface area contributed by atoms with Gasteiger partial charge in [-0.05, 0) is 60.9 Å².